The Morgan fingerprint density at radius 3 is 2.94 bits per heavy atom. The molecule has 0 atom stereocenters. The summed E-state index contributed by atoms with van der Waals surface area (Å²) in [6.07, 6.45) is 4.71. The molecule has 17 heavy (non-hydrogen) atoms. The molecule has 1 aliphatic carbocycles. The van der Waals surface area contributed by atoms with Gasteiger partial charge < -0.3 is 11.1 Å². The summed E-state index contributed by atoms with van der Waals surface area (Å²) in [4.78, 5) is 7.75. The van der Waals surface area contributed by atoms with Gasteiger partial charge in [-0.15, -0.1) is 24.0 Å². The van der Waals surface area contributed by atoms with Gasteiger partial charge in [-0.2, -0.15) is 8.78 Å². The van der Waals surface area contributed by atoms with Crippen LogP contribution in [0, 0.1) is 0 Å². The zero-order valence-electron chi connectivity index (χ0n) is 9.01. The molecule has 0 aliphatic heterocycles. The Bertz CT molecular complexity index is 388. The Hall–Kier alpha value is -0.930. The van der Waals surface area contributed by atoms with Gasteiger partial charge in [0, 0.05) is 18.4 Å². The van der Waals surface area contributed by atoms with Crippen molar-refractivity contribution in [3.05, 3.63) is 18.2 Å². The first-order valence-corrected chi connectivity index (χ1v) is 5.03. The molecule has 5 nitrogen and oxygen atoms in total. The van der Waals surface area contributed by atoms with Gasteiger partial charge in [0.2, 0.25) is 0 Å². The summed E-state index contributed by atoms with van der Waals surface area (Å²) in [5, 5.41) is 2.97. The smallest absolute Gasteiger partial charge is 0.319 e. The number of guanidine groups is 1. The molecule has 96 valence electrons. The summed E-state index contributed by atoms with van der Waals surface area (Å²) < 4.78 is 25.6. The van der Waals surface area contributed by atoms with E-state index in [2.05, 4.69) is 15.3 Å². The van der Waals surface area contributed by atoms with Crippen LogP contribution in [0.3, 0.4) is 0 Å². The maximum atomic E-state index is 12.4. The van der Waals surface area contributed by atoms with Crippen LogP contribution in [0.2, 0.25) is 0 Å². The fourth-order valence-electron chi connectivity index (χ4n) is 1.28. The molecule has 1 heterocycles. The van der Waals surface area contributed by atoms with Gasteiger partial charge in [-0.3, -0.25) is 4.57 Å². The van der Waals surface area contributed by atoms with Crippen LogP contribution in [0.4, 0.5) is 8.78 Å². The summed E-state index contributed by atoms with van der Waals surface area (Å²) in [7, 11) is 0. The zero-order valence-corrected chi connectivity index (χ0v) is 11.3. The number of nitrogens with two attached hydrogens (primary N) is 1. The highest BCUT2D eigenvalue weighted by Crippen LogP contribution is 2.18. The van der Waals surface area contributed by atoms with Crippen molar-refractivity contribution in [3.63, 3.8) is 0 Å². The first-order chi connectivity index (χ1) is 7.66. The van der Waals surface area contributed by atoms with Crippen LogP contribution in [0.5, 0.6) is 0 Å². The lowest BCUT2D eigenvalue weighted by molar-refractivity contribution is 0.0671. The molecule has 0 aromatic carbocycles. The first kappa shape index (κ1) is 14.1. The SMILES string of the molecule is I.NC(=NCc1nccn1C(F)F)NC1CC1. The van der Waals surface area contributed by atoms with E-state index in [9.17, 15) is 8.78 Å². The molecule has 1 aromatic rings. The van der Waals surface area contributed by atoms with Crippen LogP contribution >= 0.6 is 24.0 Å². The summed E-state index contributed by atoms with van der Waals surface area (Å²) in [6, 6.07) is 0.401. The average molecular weight is 357 g/mol. The molecule has 1 aromatic heterocycles. The van der Waals surface area contributed by atoms with Gasteiger partial charge in [0.1, 0.15) is 12.4 Å². The van der Waals surface area contributed by atoms with E-state index in [-0.39, 0.29) is 42.3 Å². The van der Waals surface area contributed by atoms with E-state index in [1.165, 1.54) is 12.4 Å². The minimum atomic E-state index is -2.59. The lowest BCUT2D eigenvalue weighted by atomic mass is 10.6. The fraction of sp³-hybridized carbons (Fsp3) is 0.556. The molecular formula is C9H14F2IN5. The van der Waals surface area contributed by atoms with E-state index >= 15 is 0 Å². The lowest BCUT2D eigenvalue weighted by Gasteiger charge is -2.05. The third-order valence-electron chi connectivity index (χ3n) is 2.28. The molecule has 0 saturated heterocycles. The Balaban J connectivity index is 0.00000144. The first-order valence-electron chi connectivity index (χ1n) is 5.03. The fourth-order valence-corrected chi connectivity index (χ4v) is 1.28. The molecule has 1 saturated carbocycles. The van der Waals surface area contributed by atoms with E-state index in [1.807, 2.05) is 0 Å². The van der Waals surface area contributed by atoms with Crippen molar-refractivity contribution in [2.24, 2.45) is 10.7 Å². The van der Waals surface area contributed by atoms with Crippen LogP contribution in [0.15, 0.2) is 17.4 Å². The summed E-state index contributed by atoms with van der Waals surface area (Å²) >= 11 is 0. The van der Waals surface area contributed by atoms with E-state index < -0.39 is 6.55 Å². The number of aliphatic imine (C=N–C) groups is 1. The number of rotatable bonds is 4. The Morgan fingerprint density at radius 1 is 1.65 bits per heavy atom. The van der Waals surface area contributed by atoms with E-state index in [0.29, 0.717) is 6.04 Å². The molecule has 8 heteroatoms. The Labute approximate surface area is 115 Å². The number of hydrogen-bond donors (Lipinski definition) is 2. The molecule has 1 aliphatic rings. The minimum Gasteiger partial charge on any atom is -0.370 e. The molecule has 0 unspecified atom stereocenters. The number of alkyl halides is 2. The quantitative estimate of drug-likeness (QED) is 0.487. The zero-order chi connectivity index (χ0) is 11.5. The topological polar surface area (TPSA) is 68.2 Å². The van der Waals surface area contributed by atoms with Crippen LogP contribution in [0.1, 0.15) is 25.2 Å². The third kappa shape index (κ3) is 4.10. The second kappa shape index (κ2) is 6.12. The molecule has 3 N–H and O–H groups in total. The van der Waals surface area contributed by atoms with Crippen molar-refractivity contribution in [1.82, 2.24) is 14.9 Å². The van der Waals surface area contributed by atoms with Crippen LogP contribution < -0.4 is 11.1 Å². The second-order valence-corrected chi connectivity index (χ2v) is 3.65. The van der Waals surface area contributed by atoms with E-state index in [0.717, 1.165) is 17.4 Å². The monoisotopic (exact) mass is 357 g/mol. The highest BCUT2D eigenvalue weighted by molar-refractivity contribution is 14.0. The number of aromatic nitrogens is 2. The van der Waals surface area contributed by atoms with Gasteiger partial charge in [0.05, 0.1) is 0 Å². The van der Waals surface area contributed by atoms with Crippen molar-refractivity contribution in [2.45, 2.75) is 32.0 Å². The highest BCUT2D eigenvalue weighted by atomic mass is 127. The number of imidazole rings is 1. The van der Waals surface area contributed by atoms with Gasteiger partial charge in [-0.1, -0.05) is 0 Å². The Morgan fingerprint density at radius 2 is 2.35 bits per heavy atom. The van der Waals surface area contributed by atoms with Crippen molar-refractivity contribution >= 4 is 29.9 Å². The van der Waals surface area contributed by atoms with Gasteiger partial charge in [0.25, 0.3) is 0 Å². The standard InChI is InChI=1S/C9H13F2N5.HI/c10-8(11)16-4-3-13-7(16)5-14-9(12)15-6-1-2-6;/h3-4,6,8H,1-2,5H2,(H3,12,14,15);1H. The molecule has 0 amide bonds. The number of halogens is 3. The van der Waals surface area contributed by atoms with Crippen LogP contribution in [-0.2, 0) is 6.54 Å². The Kier molecular flexibility index (Phi) is 5.09. The molecule has 1 fully saturated rings. The van der Waals surface area contributed by atoms with Gasteiger partial charge >= 0.3 is 6.55 Å². The van der Waals surface area contributed by atoms with Crippen molar-refractivity contribution < 1.29 is 8.78 Å². The lowest BCUT2D eigenvalue weighted by Crippen LogP contribution is -2.33. The second-order valence-electron chi connectivity index (χ2n) is 3.65. The summed E-state index contributed by atoms with van der Waals surface area (Å²) in [6.45, 7) is -2.53. The van der Waals surface area contributed by atoms with Crippen molar-refractivity contribution in [2.75, 3.05) is 0 Å². The van der Waals surface area contributed by atoms with Crippen molar-refractivity contribution in [3.8, 4) is 0 Å². The van der Waals surface area contributed by atoms with Crippen LogP contribution in [0.25, 0.3) is 0 Å². The van der Waals surface area contributed by atoms with E-state index in [4.69, 9.17) is 5.73 Å². The predicted molar refractivity (Wildman–Crippen MR) is 70.4 cm³/mol. The number of nitrogens with zero attached hydrogens (tertiary/aromatic N) is 3. The maximum absolute atomic E-state index is 12.4. The number of nitrogens with one attached hydrogen (secondary N) is 1. The molecule has 2 rings (SSSR count). The van der Waals surface area contributed by atoms with E-state index in [1.54, 1.807) is 0 Å². The highest BCUT2D eigenvalue weighted by Gasteiger charge is 2.21. The van der Waals surface area contributed by atoms with Gasteiger partial charge in [-0.05, 0) is 12.8 Å². The number of hydrogen-bond acceptors (Lipinski definition) is 2. The summed E-state index contributed by atoms with van der Waals surface area (Å²) in [5.74, 6) is 0.488. The molecule has 0 spiro atoms. The largest absolute Gasteiger partial charge is 0.370 e. The van der Waals surface area contributed by atoms with Gasteiger partial charge in [0.15, 0.2) is 5.96 Å². The average Bonchev–Trinajstić information content (AvgIpc) is 2.91. The maximum Gasteiger partial charge on any atom is 0.319 e. The minimum absolute atomic E-state index is 0. The molecule has 0 bridgehead atoms. The van der Waals surface area contributed by atoms with Gasteiger partial charge in [-0.25, -0.2) is 9.98 Å². The normalized spacial score (nSPS) is 15.8. The van der Waals surface area contributed by atoms with Crippen LogP contribution in [-0.4, -0.2) is 21.6 Å². The molecule has 0 radical (unpaired) electrons. The van der Waals surface area contributed by atoms with Crippen molar-refractivity contribution in [1.29, 1.82) is 0 Å². The third-order valence-corrected chi connectivity index (χ3v) is 2.28. The predicted octanol–water partition coefficient (Wildman–Crippen LogP) is 1.46. The molecular weight excluding hydrogens is 343 g/mol. The summed E-state index contributed by atoms with van der Waals surface area (Å²) in [5.41, 5.74) is 5.57.